The maximum Gasteiger partial charge on any atom is 0.266 e. The highest BCUT2D eigenvalue weighted by Gasteiger charge is 2.23. The molecule has 4 aromatic carbocycles. The second-order valence-electron chi connectivity index (χ2n) is 9.58. The summed E-state index contributed by atoms with van der Waals surface area (Å²) in [7, 11) is 0. The SMILES string of the molecule is CC(=O)c1ccc(-n2c(-c3sc(NC(=O)c4ccc(C)cc4)nc3-c3ccccc3)nc3ccccc3c2=O)cc1. The molecule has 1 amide bonds. The van der Waals surface area contributed by atoms with E-state index in [-0.39, 0.29) is 17.2 Å². The van der Waals surface area contributed by atoms with Crippen LogP contribution in [0.1, 0.15) is 33.2 Å². The quantitative estimate of drug-likeness (QED) is 0.224. The highest BCUT2D eigenvalue weighted by atomic mass is 32.1. The number of para-hydroxylation sites is 1. The molecule has 0 radical (unpaired) electrons. The second kappa shape index (κ2) is 10.7. The first-order chi connectivity index (χ1) is 19.9. The van der Waals surface area contributed by atoms with E-state index in [1.54, 1.807) is 54.6 Å². The summed E-state index contributed by atoms with van der Waals surface area (Å²) in [6, 6.07) is 30.9. The summed E-state index contributed by atoms with van der Waals surface area (Å²) in [6.07, 6.45) is 0. The third-order valence-corrected chi connectivity index (χ3v) is 7.69. The Balaban J connectivity index is 1.56. The molecule has 0 aliphatic carbocycles. The molecule has 0 aliphatic rings. The number of aryl methyl sites for hydroxylation is 1. The van der Waals surface area contributed by atoms with Crippen molar-refractivity contribution < 1.29 is 9.59 Å². The van der Waals surface area contributed by atoms with Crippen molar-refractivity contribution in [2.45, 2.75) is 13.8 Å². The van der Waals surface area contributed by atoms with E-state index < -0.39 is 0 Å². The summed E-state index contributed by atoms with van der Waals surface area (Å²) in [5.74, 6) is 0.0357. The minimum absolute atomic E-state index is 0.0662. The molecule has 6 rings (SSSR count). The molecule has 0 unspecified atom stereocenters. The van der Waals surface area contributed by atoms with Crippen molar-refractivity contribution in [1.82, 2.24) is 14.5 Å². The van der Waals surface area contributed by atoms with E-state index in [9.17, 15) is 14.4 Å². The minimum atomic E-state index is -0.284. The van der Waals surface area contributed by atoms with Crippen LogP contribution in [-0.4, -0.2) is 26.2 Å². The Morgan fingerprint density at radius 2 is 1.44 bits per heavy atom. The van der Waals surface area contributed by atoms with Crippen LogP contribution in [0.25, 0.3) is 38.5 Å². The topological polar surface area (TPSA) is 93.9 Å². The van der Waals surface area contributed by atoms with Crippen LogP contribution in [0, 0.1) is 6.92 Å². The second-order valence-corrected chi connectivity index (χ2v) is 10.6. The number of hydrogen-bond acceptors (Lipinski definition) is 6. The molecule has 1 N–H and O–H groups in total. The predicted molar refractivity (Wildman–Crippen MR) is 163 cm³/mol. The van der Waals surface area contributed by atoms with Crippen molar-refractivity contribution >= 4 is 39.1 Å². The standard InChI is InChI=1S/C33H24N4O3S/c1-20-12-14-24(15-13-20)31(39)36-33-35-28(23-8-4-3-5-9-23)29(41-33)30-34-27-11-7-6-10-26(27)32(40)37(30)25-18-16-22(17-19-25)21(2)38/h3-19H,1-2H3,(H,35,36,39). The van der Waals surface area contributed by atoms with E-state index in [0.717, 1.165) is 11.1 Å². The van der Waals surface area contributed by atoms with Gasteiger partial charge in [-0.3, -0.25) is 24.3 Å². The molecule has 7 nitrogen and oxygen atoms in total. The molecule has 0 bridgehead atoms. The molecule has 0 saturated carbocycles. The van der Waals surface area contributed by atoms with Crippen LogP contribution in [0.4, 0.5) is 5.13 Å². The number of aromatic nitrogens is 3. The maximum absolute atomic E-state index is 14.0. The van der Waals surface area contributed by atoms with Gasteiger partial charge in [-0.25, -0.2) is 9.97 Å². The zero-order valence-corrected chi connectivity index (χ0v) is 23.1. The van der Waals surface area contributed by atoms with Crippen LogP contribution in [0.3, 0.4) is 0 Å². The van der Waals surface area contributed by atoms with Crippen LogP contribution >= 0.6 is 11.3 Å². The number of nitrogens with zero attached hydrogens (tertiary/aromatic N) is 3. The van der Waals surface area contributed by atoms with E-state index in [4.69, 9.17) is 9.97 Å². The first kappa shape index (κ1) is 26.0. The largest absolute Gasteiger partial charge is 0.298 e. The molecule has 200 valence electrons. The number of anilines is 1. The Hall–Kier alpha value is -5.21. The number of ketones is 1. The zero-order valence-electron chi connectivity index (χ0n) is 22.3. The third kappa shape index (κ3) is 5.08. The Bertz CT molecular complexity index is 1980. The average molecular weight is 557 g/mol. The summed E-state index contributed by atoms with van der Waals surface area (Å²) in [6.45, 7) is 3.46. The number of thiazole rings is 1. The van der Waals surface area contributed by atoms with Crippen LogP contribution < -0.4 is 10.9 Å². The summed E-state index contributed by atoms with van der Waals surface area (Å²) in [5.41, 5.74) is 4.37. The number of benzene rings is 4. The van der Waals surface area contributed by atoms with Gasteiger partial charge in [-0.15, -0.1) is 0 Å². The first-order valence-corrected chi connectivity index (χ1v) is 13.8. The van der Waals surface area contributed by atoms with Crippen LogP contribution in [0.2, 0.25) is 0 Å². The van der Waals surface area contributed by atoms with E-state index >= 15 is 0 Å². The van der Waals surface area contributed by atoms with Crippen molar-refractivity contribution in [2.75, 3.05) is 5.32 Å². The maximum atomic E-state index is 14.0. The lowest BCUT2D eigenvalue weighted by Crippen LogP contribution is -2.22. The normalized spacial score (nSPS) is 11.0. The molecule has 0 saturated heterocycles. The minimum Gasteiger partial charge on any atom is -0.298 e. The molecular formula is C33H24N4O3S. The lowest BCUT2D eigenvalue weighted by molar-refractivity contribution is 0.101. The van der Waals surface area contributed by atoms with Crippen molar-refractivity contribution in [2.24, 2.45) is 0 Å². The van der Waals surface area contributed by atoms with Gasteiger partial charge in [0.1, 0.15) is 4.88 Å². The number of nitrogens with one attached hydrogen (secondary N) is 1. The van der Waals surface area contributed by atoms with Gasteiger partial charge in [0.2, 0.25) is 0 Å². The summed E-state index contributed by atoms with van der Waals surface area (Å²) < 4.78 is 1.54. The molecule has 2 heterocycles. The van der Waals surface area contributed by atoms with Crippen molar-refractivity contribution in [3.8, 4) is 27.6 Å². The number of hydrogen-bond donors (Lipinski definition) is 1. The van der Waals surface area contributed by atoms with Gasteiger partial charge in [-0.2, -0.15) is 0 Å². The van der Waals surface area contributed by atoms with Gasteiger partial charge in [0.25, 0.3) is 11.5 Å². The van der Waals surface area contributed by atoms with Crippen molar-refractivity contribution in [3.63, 3.8) is 0 Å². The van der Waals surface area contributed by atoms with Gasteiger partial charge in [0.05, 0.1) is 22.3 Å². The van der Waals surface area contributed by atoms with Gasteiger partial charge in [-0.1, -0.05) is 71.5 Å². The van der Waals surface area contributed by atoms with Crippen LogP contribution in [0.5, 0.6) is 0 Å². The Morgan fingerprint density at radius 3 is 2.15 bits per heavy atom. The first-order valence-electron chi connectivity index (χ1n) is 13.0. The average Bonchev–Trinajstić information content (AvgIpc) is 3.41. The van der Waals surface area contributed by atoms with E-state index in [2.05, 4.69) is 5.32 Å². The molecule has 6 aromatic rings. The summed E-state index contributed by atoms with van der Waals surface area (Å²) in [4.78, 5) is 49.3. The lowest BCUT2D eigenvalue weighted by atomic mass is 10.1. The Morgan fingerprint density at radius 1 is 0.780 bits per heavy atom. The molecule has 8 heteroatoms. The van der Waals surface area contributed by atoms with Crippen LogP contribution in [-0.2, 0) is 0 Å². The number of carbonyl (C=O) groups is 2. The number of Topliss-reactive ketones (excluding diaryl/α,β-unsaturated/α-hetero) is 1. The monoisotopic (exact) mass is 556 g/mol. The van der Waals surface area contributed by atoms with Gasteiger partial charge < -0.3 is 0 Å². The zero-order chi connectivity index (χ0) is 28.5. The molecule has 41 heavy (non-hydrogen) atoms. The molecule has 0 fully saturated rings. The fourth-order valence-corrected chi connectivity index (χ4v) is 5.52. The fraction of sp³-hybridized carbons (Fsp3) is 0.0606. The molecule has 0 atom stereocenters. The fourth-order valence-electron chi connectivity index (χ4n) is 4.56. The van der Waals surface area contributed by atoms with E-state index in [1.807, 2.05) is 55.5 Å². The van der Waals surface area contributed by atoms with E-state index in [1.165, 1.54) is 22.8 Å². The van der Waals surface area contributed by atoms with Gasteiger partial charge in [0.15, 0.2) is 16.7 Å². The smallest absolute Gasteiger partial charge is 0.266 e. The lowest BCUT2D eigenvalue weighted by Gasteiger charge is -2.14. The summed E-state index contributed by atoms with van der Waals surface area (Å²) >= 11 is 1.25. The van der Waals surface area contributed by atoms with Gasteiger partial charge in [0, 0.05) is 16.7 Å². The number of fused-ring (bicyclic) bond motifs is 1. The molecular weight excluding hydrogens is 532 g/mol. The summed E-state index contributed by atoms with van der Waals surface area (Å²) in [5, 5.41) is 3.77. The highest BCUT2D eigenvalue weighted by Crippen LogP contribution is 2.39. The Labute approximate surface area is 239 Å². The van der Waals surface area contributed by atoms with E-state index in [0.29, 0.717) is 49.2 Å². The van der Waals surface area contributed by atoms with Gasteiger partial charge in [-0.05, 0) is 62.4 Å². The molecule has 0 aliphatic heterocycles. The molecule has 2 aromatic heterocycles. The van der Waals surface area contributed by atoms with Crippen molar-refractivity contribution in [3.05, 3.63) is 130 Å². The highest BCUT2D eigenvalue weighted by molar-refractivity contribution is 7.19. The number of amides is 1. The third-order valence-electron chi connectivity index (χ3n) is 6.72. The number of rotatable bonds is 6. The predicted octanol–water partition coefficient (Wildman–Crippen LogP) is 6.94. The van der Waals surface area contributed by atoms with Crippen molar-refractivity contribution in [1.29, 1.82) is 0 Å². The molecule has 0 spiro atoms. The van der Waals surface area contributed by atoms with Gasteiger partial charge >= 0.3 is 0 Å². The number of carbonyl (C=O) groups excluding carboxylic acids is 2. The Kier molecular flexibility index (Phi) is 6.83. The van der Waals surface area contributed by atoms with Crippen LogP contribution in [0.15, 0.2) is 108 Å².